The molecule has 0 bridgehead atoms. The van der Waals surface area contributed by atoms with Crippen LogP contribution < -0.4 is 5.73 Å². The van der Waals surface area contributed by atoms with Crippen LogP contribution in [0.15, 0.2) is 23.1 Å². The number of hydrogen-bond donors (Lipinski definition) is 1. The summed E-state index contributed by atoms with van der Waals surface area (Å²) in [6.07, 6.45) is 1.45. The first-order chi connectivity index (χ1) is 8.18. The second-order valence-electron chi connectivity index (χ2n) is 3.41. The zero-order valence-electron chi connectivity index (χ0n) is 8.31. The van der Waals surface area contributed by atoms with Crippen molar-refractivity contribution in [2.24, 2.45) is 0 Å². The Hall–Kier alpha value is -2.31. The Bertz CT molecular complexity index is 616. The van der Waals surface area contributed by atoms with Crippen molar-refractivity contribution in [2.75, 3.05) is 5.73 Å². The molecule has 3 rings (SSSR count). The number of rotatable bonds is 1. The van der Waals surface area contributed by atoms with Gasteiger partial charge in [-0.15, -0.1) is 0 Å². The molecule has 88 valence electrons. The smallest absolute Gasteiger partial charge is 0.269 e. The first-order valence-electron chi connectivity index (χ1n) is 4.67. The lowest BCUT2D eigenvalue weighted by atomic mass is 10.1. The Labute approximate surface area is 93.4 Å². The van der Waals surface area contributed by atoms with E-state index in [1.54, 1.807) is 0 Å². The summed E-state index contributed by atoms with van der Waals surface area (Å²) in [6, 6.07) is 1.29. The fourth-order valence-corrected chi connectivity index (χ4v) is 1.61. The van der Waals surface area contributed by atoms with Crippen molar-refractivity contribution in [1.29, 1.82) is 0 Å². The second-order valence-corrected chi connectivity index (χ2v) is 3.41. The van der Waals surface area contributed by atoms with Crippen LogP contribution in [0.4, 0.5) is 14.6 Å². The van der Waals surface area contributed by atoms with Crippen LogP contribution in [-0.2, 0) is 9.47 Å². The minimum Gasteiger partial charge on any atom is -0.455 e. The maximum absolute atomic E-state index is 13.7. The van der Waals surface area contributed by atoms with E-state index in [2.05, 4.69) is 9.68 Å². The minimum absolute atomic E-state index is 0.0221. The number of ether oxygens (including phenoxy) is 2. The largest absolute Gasteiger partial charge is 0.455 e. The summed E-state index contributed by atoms with van der Waals surface area (Å²) in [5.41, 5.74) is 5.05. The van der Waals surface area contributed by atoms with Crippen molar-refractivity contribution < 1.29 is 22.8 Å². The Morgan fingerprint density at radius 2 is 1.88 bits per heavy atom. The van der Waals surface area contributed by atoms with Gasteiger partial charge in [-0.2, -0.15) is 4.39 Å². The fourth-order valence-electron chi connectivity index (χ4n) is 1.61. The molecule has 0 saturated heterocycles. The molecule has 0 unspecified atom stereocenters. The number of aromatic nitrogens is 1. The molecule has 1 aliphatic heterocycles. The molecule has 0 radical (unpaired) electrons. The lowest BCUT2D eigenvalue weighted by molar-refractivity contribution is -0.0274. The van der Waals surface area contributed by atoms with Gasteiger partial charge in [-0.25, -0.2) is 4.39 Å². The topological polar surface area (TPSA) is 70.5 Å². The van der Waals surface area contributed by atoms with Crippen molar-refractivity contribution in [1.82, 2.24) is 5.16 Å². The van der Waals surface area contributed by atoms with Crippen LogP contribution in [0.3, 0.4) is 0 Å². The molecule has 0 amide bonds. The molecule has 0 aliphatic carbocycles. The monoisotopic (exact) mass is 240 g/mol. The summed E-state index contributed by atoms with van der Waals surface area (Å²) in [5.74, 6) is -2.30. The fraction of sp³-hybridized carbons (Fsp3) is 0.100. The third-order valence-electron chi connectivity index (χ3n) is 2.42. The molecule has 5 nitrogen and oxygen atoms in total. The highest BCUT2D eigenvalue weighted by Crippen LogP contribution is 2.33. The molecule has 1 aliphatic rings. The van der Waals surface area contributed by atoms with Crippen LogP contribution in [0.1, 0.15) is 11.9 Å². The molecule has 2 N–H and O–H groups in total. The second kappa shape index (κ2) is 3.34. The van der Waals surface area contributed by atoms with Gasteiger partial charge in [0.2, 0.25) is 11.4 Å². The highest BCUT2D eigenvalue weighted by atomic mass is 19.2. The predicted molar refractivity (Wildman–Crippen MR) is 52.4 cm³/mol. The van der Waals surface area contributed by atoms with Crippen LogP contribution in [0.2, 0.25) is 0 Å². The first-order valence-corrected chi connectivity index (χ1v) is 4.67. The van der Waals surface area contributed by atoms with E-state index in [-0.39, 0.29) is 22.4 Å². The summed E-state index contributed by atoms with van der Waals surface area (Å²) in [5, 5.41) is 3.54. The molecular formula is C10H6F2N2O3. The van der Waals surface area contributed by atoms with Crippen molar-refractivity contribution in [3.63, 3.8) is 0 Å². The highest BCUT2D eigenvalue weighted by molar-refractivity contribution is 5.88. The van der Waals surface area contributed by atoms with E-state index in [0.29, 0.717) is 0 Å². The SMILES string of the molecule is Nc1noc2c(F)c(F)c(C3OC=CO3)cc12. The number of nitrogens with zero attached hydrogens (tertiary/aromatic N) is 1. The highest BCUT2D eigenvalue weighted by Gasteiger charge is 2.26. The third kappa shape index (κ3) is 1.32. The average Bonchev–Trinajstić information content (AvgIpc) is 2.94. The molecule has 2 heterocycles. The molecule has 0 atom stereocenters. The van der Waals surface area contributed by atoms with Gasteiger partial charge in [0.05, 0.1) is 10.9 Å². The molecule has 0 spiro atoms. The average molecular weight is 240 g/mol. The van der Waals surface area contributed by atoms with E-state index in [1.165, 1.54) is 18.6 Å². The Balaban J connectivity index is 2.24. The van der Waals surface area contributed by atoms with Gasteiger partial charge < -0.3 is 19.7 Å². The van der Waals surface area contributed by atoms with E-state index in [4.69, 9.17) is 15.2 Å². The summed E-state index contributed by atoms with van der Waals surface area (Å²) >= 11 is 0. The molecule has 7 heteroatoms. The van der Waals surface area contributed by atoms with E-state index in [9.17, 15) is 8.78 Å². The molecule has 0 saturated carbocycles. The van der Waals surface area contributed by atoms with E-state index >= 15 is 0 Å². The maximum Gasteiger partial charge on any atom is 0.269 e. The number of benzene rings is 1. The van der Waals surface area contributed by atoms with E-state index < -0.39 is 17.9 Å². The number of nitrogen functional groups attached to an aromatic ring is 1. The summed E-state index contributed by atoms with van der Waals surface area (Å²) in [4.78, 5) is 0. The Morgan fingerprint density at radius 1 is 1.18 bits per heavy atom. The van der Waals surface area contributed by atoms with Crippen LogP contribution in [0.5, 0.6) is 0 Å². The number of hydrogen-bond acceptors (Lipinski definition) is 5. The lowest BCUT2D eigenvalue weighted by Crippen LogP contribution is -2.03. The Morgan fingerprint density at radius 3 is 2.59 bits per heavy atom. The first kappa shape index (κ1) is 9.88. The Kier molecular flexibility index (Phi) is 1.94. The number of anilines is 1. The zero-order valence-corrected chi connectivity index (χ0v) is 8.31. The van der Waals surface area contributed by atoms with Gasteiger partial charge in [-0.05, 0) is 6.07 Å². The minimum atomic E-state index is -1.17. The zero-order chi connectivity index (χ0) is 12.0. The summed E-state index contributed by atoms with van der Waals surface area (Å²) in [6.45, 7) is 0. The normalized spacial score (nSPS) is 15.2. The summed E-state index contributed by atoms with van der Waals surface area (Å²) in [7, 11) is 0. The molecule has 0 fully saturated rings. The number of halogens is 2. The van der Waals surface area contributed by atoms with Crippen LogP contribution in [0.25, 0.3) is 11.0 Å². The lowest BCUT2D eigenvalue weighted by Gasteiger charge is -2.11. The van der Waals surface area contributed by atoms with Gasteiger partial charge in [0.25, 0.3) is 6.29 Å². The maximum atomic E-state index is 13.7. The van der Waals surface area contributed by atoms with Crippen LogP contribution in [-0.4, -0.2) is 5.16 Å². The van der Waals surface area contributed by atoms with Crippen LogP contribution >= 0.6 is 0 Å². The molecule has 1 aromatic carbocycles. The van der Waals surface area contributed by atoms with Gasteiger partial charge in [-0.1, -0.05) is 5.16 Å². The van der Waals surface area contributed by atoms with Gasteiger partial charge in [0.15, 0.2) is 11.6 Å². The molecule has 1 aromatic heterocycles. The quantitative estimate of drug-likeness (QED) is 0.827. The standard InChI is InChI=1S/C10H6F2N2O3/c11-6-4(10-15-1-2-16-10)3-5-8(7(6)12)17-14-9(5)13/h1-3,10H,(H2,13,14). The van der Waals surface area contributed by atoms with Gasteiger partial charge in [0.1, 0.15) is 12.5 Å². The number of fused-ring (bicyclic) bond motifs is 1. The third-order valence-corrected chi connectivity index (χ3v) is 2.42. The van der Waals surface area contributed by atoms with Crippen LogP contribution in [0, 0.1) is 11.6 Å². The van der Waals surface area contributed by atoms with Crippen molar-refractivity contribution in [3.8, 4) is 0 Å². The van der Waals surface area contributed by atoms with Gasteiger partial charge >= 0.3 is 0 Å². The van der Waals surface area contributed by atoms with Crippen molar-refractivity contribution >= 4 is 16.8 Å². The van der Waals surface area contributed by atoms with Crippen molar-refractivity contribution in [3.05, 3.63) is 35.8 Å². The van der Waals surface area contributed by atoms with E-state index in [0.717, 1.165) is 0 Å². The predicted octanol–water partition coefficient (Wildman–Crippen LogP) is 2.20. The number of nitrogens with two attached hydrogens (primary N) is 1. The molecule has 2 aromatic rings. The van der Waals surface area contributed by atoms with Gasteiger partial charge in [0, 0.05) is 0 Å². The van der Waals surface area contributed by atoms with E-state index in [1.807, 2.05) is 0 Å². The van der Waals surface area contributed by atoms with Gasteiger partial charge in [-0.3, -0.25) is 0 Å². The molecule has 17 heavy (non-hydrogen) atoms. The summed E-state index contributed by atoms with van der Waals surface area (Å²) < 4.78 is 41.8. The molecular weight excluding hydrogens is 234 g/mol. The van der Waals surface area contributed by atoms with Crippen molar-refractivity contribution in [2.45, 2.75) is 6.29 Å².